The summed E-state index contributed by atoms with van der Waals surface area (Å²) in [6.07, 6.45) is 0.308. The van der Waals surface area contributed by atoms with E-state index < -0.39 is 11.5 Å². The van der Waals surface area contributed by atoms with Crippen LogP contribution in [0.15, 0.2) is 63.8 Å². The fourth-order valence-corrected chi connectivity index (χ4v) is 2.22. The summed E-state index contributed by atoms with van der Waals surface area (Å²) >= 11 is 0. The zero-order valence-corrected chi connectivity index (χ0v) is 12.1. The van der Waals surface area contributed by atoms with Crippen molar-refractivity contribution in [1.29, 1.82) is 5.26 Å². The van der Waals surface area contributed by atoms with Crippen LogP contribution in [0.1, 0.15) is 15.9 Å². The molecule has 0 saturated heterocycles. The van der Waals surface area contributed by atoms with E-state index in [2.05, 4.69) is 11.4 Å². The fourth-order valence-electron chi connectivity index (χ4n) is 2.22. The number of hydrogen-bond acceptors (Lipinski definition) is 4. The van der Waals surface area contributed by atoms with Gasteiger partial charge in [-0.25, -0.2) is 4.79 Å². The first-order chi connectivity index (χ1) is 11.2. The predicted molar refractivity (Wildman–Crippen MR) is 86.2 cm³/mol. The number of nitrogens with zero attached hydrogens (tertiary/aromatic N) is 1. The molecule has 1 heterocycles. The van der Waals surface area contributed by atoms with Crippen molar-refractivity contribution >= 4 is 22.6 Å². The molecule has 0 spiro atoms. The van der Waals surface area contributed by atoms with Gasteiger partial charge >= 0.3 is 5.63 Å². The summed E-state index contributed by atoms with van der Waals surface area (Å²) in [4.78, 5) is 24.2. The molecule has 2 aromatic carbocycles. The van der Waals surface area contributed by atoms with E-state index in [9.17, 15) is 9.59 Å². The van der Waals surface area contributed by atoms with E-state index in [0.717, 1.165) is 5.56 Å². The molecule has 0 saturated carbocycles. The van der Waals surface area contributed by atoms with Crippen LogP contribution in [-0.4, -0.2) is 5.91 Å². The number of nitrogens with one attached hydrogen (secondary N) is 1. The molecule has 1 amide bonds. The summed E-state index contributed by atoms with van der Waals surface area (Å²) in [6.45, 7) is 0. The Kier molecular flexibility index (Phi) is 3.89. The van der Waals surface area contributed by atoms with Gasteiger partial charge in [-0.05, 0) is 29.8 Å². The minimum Gasteiger partial charge on any atom is -0.422 e. The number of nitriles is 1. The van der Waals surface area contributed by atoms with Crippen molar-refractivity contribution in [3.8, 4) is 6.07 Å². The molecule has 1 aromatic heterocycles. The van der Waals surface area contributed by atoms with Crippen molar-refractivity contribution in [3.63, 3.8) is 0 Å². The van der Waals surface area contributed by atoms with Crippen LogP contribution in [0.4, 0.5) is 5.69 Å². The maximum absolute atomic E-state index is 12.3. The van der Waals surface area contributed by atoms with E-state index in [1.54, 1.807) is 48.5 Å². The quantitative estimate of drug-likeness (QED) is 0.754. The number of benzene rings is 2. The molecule has 5 nitrogen and oxygen atoms in total. The number of amides is 1. The molecule has 0 aliphatic carbocycles. The predicted octanol–water partition coefficient (Wildman–Crippen LogP) is 3.11. The van der Waals surface area contributed by atoms with Crippen molar-refractivity contribution in [2.45, 2.75) is 6.42 Å². The van der Waals surface area contributed by atoms with Crippen LogP contribution in [0, 0.1) is 11.3 Å². The van der Waals surface area contributed by atoms with Gasteiger partial charge in [0, 0.05) is 11.1 Å². The lowest BCUT2D eigenvalue weighted by atomic mass is 10.1. The minimum absolute atomic E-state index is 0.0511. The Hall–Kier alpha value is -3.39. The molecule has 3 rings (SSSR count). The van der Waals surface area contributed by atoms with Gasteiger partial charge in [-0.3, -0.25) is 4.79 Å². The highest BCUT2D eigenvalue weighted by atomic mass is 16.4. The third-order valence-electron chi connectivity index (χ3n) is 3.38. The molecule has 0 atom stereocenters. The number of carbonyl (C=O) groups is 1. The molecule has 0 bridgehead atoms. The van der Waals surface area contributed by atoms with Gasteiger partial charge in [-0.15, -0.1) is 0 Å². The van der Waals surface area contributed by atoms with Crippen LogP contribution in [0.3, 0.4) is 0 Å². The lowest BCUT2D eigenvalue weighted by molar-refractivity contribution is 0.102. The first kappa shape index (κ1) is 14.5. The maximum atomic E-state index is 12.3. The highest BCUT2D eigenvalue weighted by molar-refractivity contribution is 6.05. The Morgan fingerprint density at radius 2 is 1.87 bits per heavy atom. The van der Waals surface area contributed by atoms with Crippen molar-refractivity contribution in [1.82, 2.24) is 0 Å². The van der Waals surface area contributed by atoms with Crippen molar-refractivity contribution in [3.05, 3.63) is 76.1 Å². The number of para-hydroxylation sites is 1. The second-order valence-corrected chi connectivity index (χ2v) is 4.97. The SMILES string of the molecule is N#CCc1ccc(NC(=O)c2cc3ccccc3oc2=O)cc1. The standard InChI is InChI=1S/C18H12N2O3/c19-10-9-12-5-7-14(8-6-12)20-17(21)15-11-13-3-1-2-4-16(13)23-18(15)22/h1-8,11H,9H2,(H,20,21). The van der Waals surface area contributed by atoms with Gasteiger partial charge in [0.1, 0.15) is 11.1 Å². The molecule has 0 aliphatic rings. The molecule has 5 heteroatoms. The van der Waals surface area contributed by atoms with E-state index in [-0.39, 0.29) is 5.56 Å². The van der Waals surface area contributed by atoms with Crippen LogP contribution in [0.5, 0.6) is 0 Å². The van der Waals surface area contributed by atoms with E-state index in [1.807, 2.05) is 0 Å². The van der Waals surface area contributed by atoms with Gasteiger partial charge < -0.3 is 9.73 Å². The molecular weight excluding hydrogens is 292 g/mol. The molecule has 3 aromatic rings. The Morgan fingerprint density at radius 3 is 2.61 bits per heavy atom. The zero-order valence-electron chi connectivity index (χ0n) is 12.1. The summed E-state index contributed by atoms with van der Waals surface area (Å²) in [5.74, 6) is -0.530. The largest absolute Gasteiger partial charge is 0.422 e. The summed E-state index contributed by atoms with van der Waals surface area (Å²) in [5.41, 5.74) is 1.11. The van der Waals surface area contributed by atoms with E-state index >= 15 is 0 Å². The number of fused-ring (bicyclic) bond motifs is 1. The van der Waals surface area contributed by atoms with Crippen LogP contribution in [0.25, 0.3) is 11.0 Å². The maximum Gasteiger partial charge on any atom is 0.349 e. The molecule has 1 N–H and O–H groups in total. The van der Waals surface area contributed by atoms with E-state index in [1.165, 1.54) is 6.07 Å². The summed E-state index contributed by atoms with van der Waals surface area (Å²) in [5, 5.41) is 12.0. The first-order valence-electron chi connectivity index (χ1n) is 6.97. The highest BCUT2D eigenvalue weighted by Crippen LogP contribution is 2.15. The summed E-state index contributed by atoms with van der Waals surface area (Å²) in [6, 6.07) is 17.5. The first-order valence-corrected chi connectivity index (χ1v) is 6.97. The number of carbonyl (C=O) groups excluding carboxylic acids is 1. The van der Waals surface area contributed by atoms with Crippen molar-refractivity contribution in [2.75, 3.05) is 5.32 Å². The van der Waals surface area contributed by atoms with E-state index in [4.69, 9.17) is 9.68 Å². The molecule has 0 radical (unpaired) electrons. The monoisotopic (exact) mass is 304 g/mol. The number of anilines is 1. The van der Waals surface area contributed by atoms with E-state index in [0.29, 0.717) is 23.1 Å². The smallest absolute Gasteiger partial charge is 0.349 e. The second-order valence-electron chi connectivity index (χ2n) is 4.97. The van der Waals surface area contributed by atoms with Crippen LogP contribution < -0.4 is 10.9 Å². The Morgan fingerprint density at radius 1 is 1.13 bits per heavy atom. The van der Waals surface area contributed by atoms with Crippen molar-refractivity contribution in [2.24, 2.45) is 0 Å². The minimum atomic E-state index is -0.678. The summed E-state index contributed by atoms with van der Waals surface area (Å²) in [7, 11) is 0. The highest BCUT2D eigenvalue weighted by Gasteiger charge is 2.13. The van der Waals surface area contributed by atoms with Gasteiger partial charge in [0.2, 0.25) is 0 Å². The molecule has 0 aliphatic heterocycles. The average molecular weight is 304 g/mol. The third-order valence-corrected chi connectivity index (χ3v) is 3.38. The Bertz CT molecular complexity index is 966. The molecule has 0 unspecified atom stereocenters. The molecule has 112 valence electrons. The number of hydrogen-bond donors (Lipinski definition) is 1. The van der Waals surface area contributed by atoms with Crippen LogP contribution in [-0.2, 0) is 6.42 Å². The Balaban J connectivity index is 1.87. The summed E-state index contributed by atoms with van der Waals surface area (Å²) < 4.78 is 5.15. The normalized spacial score (nSPS) is 10.2. The van der Waals surface area contributed by atoms with Crippen LogP contribution in [0.2, 0.25) is 0 Å². The third kappa shape index (κ3) is 3.11. The van der Waals surface area contributed by atoms with Gasteiger partial charge in [0.15, 0.2) is 0 Å². The van der Waals surface area contributed by atoms with Gasteiger partial charge in [-0.1, -0.05) is 30.3 Å². The lowest BCUT2D eigenvalue weighted by Crippen LogP contribution is -2.20. The van der Waals surface area contributed by atoms with Crippen LogP contribution >= 0.6 is 0 Å². The second kappa shape index (κ2) is 6.16. The number of rotatable bonds is 3. The Labute approximate surface area is 131 Å². The molecular formula is C18H12N2O3. The topological polar surface area (TPSA) is 83.1 Å². The average Bonchev–Trinajstić information content (AvgIpc) is 2.56. The molecule has 0 fully saturated rings. The fraction of sp³-hybridized carbons (Fsp3) is 0.0556. The van der Waals surface area contributed by atoms with Gasteiger partial charge in [0.05, 0.1) is 12.5 Å². The van der Waals surface area contributed by atoms with Gasteiger partial charge in [0.25, 0.3) is 5.91 Å². The lowest BCUT2D eigenvalue weighted by Gasteiger charge is -2.06. The van der Waals surface area contributed by atoms with Gasteiger partial charge in [-0.2, -0.15) is 5.26 Å². The zero-order chi connectivity index (χ0) is 16.2. The van der Waals surface area contributed by atoms with Crippen molar-refractivity contribution < 1.29 is 9.21 Å². The molecule has 23 heavy (non-hydrogen) atoms.